The lowest BCUT2D eigenvalue weighted by molar-refractivity contribution is 0.0888. The number of nitrogens with one attached hydrogen (secondary N) is 2. The topological polar surface area (TPSA) is 73.3 Å². The average Bonchev–Trinajstić information content (AvgIpc) is 3.35. The number of benzene rings is 1. The standard InChI is InChI=1S/C22H35N3O4.HI/c1-4-23-22(24-7-5-8-27-14-17-6-9-28-15-17)25-13-19-12-21-18(10-16(2)29-21)11-20(19)26-3;/h11-12,16-17H,4-10,13-15H2,1-3H3,(H2,23,24,25);1H. The molecule has 0 aromatic heterocycles. The molecule has 2 N–H and O–H groups in total. The lowest BCUT2D eigenvalue weighted by Crippen LogP contribution is -2.38. The molecule has 170 valence electrons. The normalized spacial score (nSPS) is 20.3. The highest BCUT2D eigenvalue weighted by Crippen LogP contribution is 2.35. The van der Waals surface area contributed by atoms with Gasteiger partial charge in [-0.3, -0.25) is 0 Å². The molecule has 0 radical (unpaired) electrons. The fraction of sp³-hybridized carbons (Fsp3) is 0.682. The first kappa shape index (κ1) is 25.0. The van der Waals surface area contributed by atoms with Gasteiger partial charge >= 0.3 is 0 Å². The highest BCUT2D eigenvalue weighted by atomic mass is 127. The van der Waals surface area contributed by atoms with E-state index in [1.54, 1.807) is 7.11 Å². The van der Waals surface area contributed by atoms with E-state index in [0.29, 0.717) is 12.5 Å². The van der Waals surface area contributed by atoms with Crippen LogP contribution in [0.1, 0.15) is 37.8 Å². The third-order valence-corrected chi connectivity index (χ3v) is 5.19. The van der Waals surface area contributed by atoms with E-state index >= 15 is 0 Å². The minimum atomic E-state index is 0. The molecule has 0 aliphatic carbocycles. The van der Waals surface area contributed by atoms with Crippen molar-refractivity contribution >= 4 is 29.9 Å². The summed E-state index contributed by atoms with van der Waals surface area (Å²) in [4.78, 5) is 4.72. The number of halogens is 1. The van der Waals surface area contributed by atoms with Crippen LogP contribution in [0.5, 0.6) is 11.5 Å². The number of fused-ring (bicyclic) bond motifs is 1. The van der Waals surface area contributed by atoms with Crippen molar-refractivity contribution in [3.63, 3.8) is 0 Å². The van der Waals surface area contributed by atoms with Crippen LogP contribution >= 0.6 is 24.0 Å². The first-order chi connectivity index (χ1) is 14.2. The molecule has 3 rings (SSSR count). The highest BCUT2D eigenvalue weighted by Gasteiger charge is 2.21. The van der Waals surface area contributed by atoms with Crippen molar-refractivity contribution in [2.45, 2.75) is 45.8 Å². The van der Waals surface area contributed by atoms with Crippen LogP contribution in [0.2, 0.25) is 0 Å². The molecule has 2 unspecified atom stereocenters. The van der Waals surface area contributed by atoms with E-state index in [1.165, 1.54) is 5.56 Å². The van der Waals surface area contributed by atoms with E-state index in [2.05, 4.69) is 36.6 Å². The van der Waals surface area contributed by atoms with E-state index in [1.807, 2.05) is 0 Å². The zero-order valence-electron chi connectivity index (χ0n) is 18.4. The predicted molar refractivity (Wildman–Crippen MR) is 129 cm³/mol. The molecular weight excluding hydrogens is 497 g/mol. The summed E-state index contributed by atoms with van der Waals surface area (Å²) < 4.78 is 22.6. The van der Waals surface area contributed by atoms with Crippen LogP contribution in [-0.4, -0.2) is 58.7 Å². The average molecular weight is 533 g/mol. The van der Waals surface area contributed by atoms with Crippen molar-refractivity contribution in [3.05, 3.63) is 23.3 Å². The second kappa shape index (κ2) is 13.2. The van der Waals surface area contributed by atoms with Gasteiger partial charge in [0.25, 0.3) is 0 Å². The Morgan fingerprint density at radius 1 is 1.30 bits per heavy atom. The molecule has 0 amide bonds. The van der Waals surface area contributed by atoms with Crippen LogP contribution in [0.25, 0.3) is 0 Å². The van der Waals surface area contributed by atoms with E-state index in [9.17, 15) is 0 Å². The summed E-state index contributed by atoms with van der Waals surface area (Å²) in [5, 5.41) is 6.67. The first-order valence-corrected chi connectivity index (χ1v) is 10.7. The quantitative estimate of drug-likeness (QED) is 0.209. The van der Waals surface area contributed by atoms with Crippen molar-refractivity contribution in [2.75, 3.05) is 46.6 Å². The van der Waals surface area contributed by atoms with E-state index in [-0.39, 0.29) is 30.1 Å². The molecule has 0 spiro atoms. The molecule has 30 heavy (non-hydrogen) atoms. The number of rotatable bonds is 10. The van der Waals surface area contributed by atoms with Crippen molar-refractivity contribution in [1.82, 2.24) is 10.6 Å². The number of aliphatic imine (C=N–C) groups is 1. The fourth-order valence-electron chi connectivity index (χ4n) is 3.65. The number of hydrogen-bond donors (Lipinski definition) is 2. The maximum atomic E-state index is 5.88. The van der Waals surface area contributed by atoms with Crippen LogP contribution in [0.4, 0.5) is 0 Å². The second-order valence-corrected chi connectivity index (χ2v) is 7.68. The monoisotopic (exact) mass is 533 g/mol. The number of guanidine groups is 1. The van der Waals surface area contributed by atoms with Crippen LogP contribution in [0.3, 0.4) is 0 Å². The third-order valence-electron chi connectivity index (χ3n) is 5.19. The van der Waals surface area contributed by atoms with Gasteiger partial charge in [0, 0.05) is 49.8 Å². The van der Waals surface area contributed by atoms with Gasteiger partial charge in [-0.1, -0.05) is 0 Å². The van der Waals surface area contributed by atoms with Crippen LogP contribution < -0.4 is 20.1 Å². The molecule has 0 saturated carbocycles. The Balaban J connectivity index is 0.00000320. The Morgan fingerprint density at radius 2 is 2.17 bits per heavy atom. The summed E-state index contributed by atoms with van der Waals surface area (Å²) in [6, 6.07) is 4.14. The second-order valence-electron chi connectivity index (χ2n) is 7.68. The summed E-state index contributed by atoms with van der Waals surface area (Å²) in [5.74, 6) is 3.18. The van der Waals surface area contributed by atoms with Crippen molar-refractivity contribution in [3.8, 4) is 11.5 Å². The van der Waals surface area contributed by atoms with E-state index < -0.39 is 0 Å². The zero-order chi connectivity index (χ0) is 20.5. The Bertz CT molecular complexity index is 681. The maximum absolute atomic E-state index is 5.88. The van der Waals surface area contributed by atoms with Gasteiger partial charge < -0.3 is 29.6 Å². The van der Waals surface area contributed by atoms with Gasteiger partial charge in [-0.2, -0.15) is 0 Å². The van der Waals surface area contributed by atoms with Gasteiger partial charge in [-0.15, -0.1) is 24.0 Å². The van der Waals surface area contributed by atoms with Gasteiger partial charge in [0.1, 0.15) is 17.6 Å². The Kier molecular flexibility index (Phi) is 11.0. The van der Waals surface area contributed by atoms with Gasteiger partial charge in [0.05, 0.1) is 26.9 Å². The van der Waals surface area contributed by atoms with Gasteiger partial charge in [-0.05, 0) is 38.8 Å². The van der Waals surface area contributed by atoms with Gasteiger partial charge in [0.2, 0.25) is 0 Å². The summed E-state index contributed by atoms with van der Waals surface area (Å²) in [7, 11) is 1.70. The van der Waals surface area contributed by atoms with Crippen LogP contribution in [0.15, 0.2) is 17.1 Å². The minimum Gasteiger partial charge on any atom is -0.496 e. The Hall–Kier alpha value is -1.26. The van der Waals surface area contributed by atoms with E-state index in [4.69, 9.17) is 23.9 Å². The van der Waals surface area contributed by atoms with Crippen LogP contribution in [-0.2, 0) is 22.4 Å². The first-order valence-electron chi connectivity index (χ1n) is 10.7. The Labute approximate surface area is 197 Å². The molecule has 0 bridgehead atoms. The molecule has 2 aliphatic rings. The molecule has 1 aromatic carbocycles. The van der Waals surface area contributed by atoms with Crippen LogP contribution in [0, 0.1) is 5.92 Å². The summed E-state index contributed by atoms with van der Waals surface area (Å²) in [5.41, 5.74) is 2.23. The Morgan fingerprint density at radius 3 is 2.90 bits per heavy atom. The van der Waals surface area contributed by atoms with Crippen molar-refractivity contribution in [2.24, 2.45) is 10.9 Å². The third kappa shape index (κ3) is 7.46. The number of hydrogen-bond acceptors (Lipinski definition) is 5. The van der Waals surface area contributed by atoms with Crippen molar-refractivity contribution < 1.29 is 18.9 Å². The summed E-state index contributed by atoms with van der Waals surface area (Å²) >= 11 is 0. The van der Waals surface area contributed by atoms with Gasteiger partial charge in [0.15, 0.2) is 5.96 Å². The minimum absolute atomic E-state index is 0. The highest BCUT2D eigenvalue weighted by molar-refractivity contribution is 14.0. The lowest BCUT2D eigenvalue weighted by Gasteiger charge is -2.13. The molecule has 1 saturated heterocycles. The molecule has 2 heterocycles. The SMILES string of the molecule is CCNC(=NCc1cc2c(cc1OC)CC(C)O2)NCCCOCC1CCOC1.I. The lowest BCUT2D eigenvalue weighted by atomic mass is 10.1. The molecule has 2 atom stereocenters. The molecule has 1 aromatic rings. The maximum Gasteiger partial charge on any atom is 0.191 e. The predicted octanol–water partition coefficient (Wildman–Crippen LogP) is 3.13. The zero-order valence-corrected chi connectivity index (χ0v) is 20.7. The largest absolute Gasteiger partial charge is 0.496 e. The molecule has 1 fully saturated rings. The summed E-state index contributed by atoms with van der Waals surface area (Å²) in [6.07, 6.45) is 3.20. The summed E-state index contributed by atoms with van der Waals surface area (Å²) in [6.45, 7) is 9.56. The smallest absolute Gasteiger partial charge is 0.191 e. The van der Waals surface area contributed by atoms with E-state index in [0.717, 1.165) is 81.8 Å². The molecule has 8 heteroatoms. The molecule has 7 nitrogen and oxygen atoms in total. The number of nitrogens with zero attached hydrogens (tertiary/aromatic N) is 1. The number of ether oxygens (including phenoxy) is 4. The van der Waals surface area contributed by atoms with Gasteiger partial charge in [-0.25, -0.2) is 4.99 Å². The molecular formula is C22H36IN3O4. The molecule has 2 aliphatic heterocycles. The fourth-order valence-corrected chi connectivity index (χ4v) is 3.65. The number of methoxy groups -OCH3 is 1. The van der Waals surface area contributed by atoms with Crippen molar-refractivity contribution in [1.29, 1.82) is 0 Å².